The zero-order valence-electron chi connectivity index (χ0n) is 9.46. The highest BCUT2D eigenvalue weighted by molar-refractivity contribution is 5.86. The second kappa shape index (κ2) is 6.43. The van der Waals surface area contributed by atoms with Crippen LogP contribution in [-0.4, -0.2) is 11.7 Å². The van der Waals surface area contributed by atoms with Crippen LogP contribution < -0.4 is 11.2 Å². The maximum atomic E-state index is 10.5. The smallest absolute Gasteiger partial charge is 0.332 e. The van der Waals surface area contributed by atoms with Crippen LogP contribution in [0, 0.1) is 5.92 Å². The molecule has 0 heterocycles. The van der Waals surface area contributed by atoms with Gasteiger partial charge < -0.3 is 5.73 Å². The van der Waals surface area contributed by atoms with E-state index in [1.54, 1.807) is 0 Å². The Balaban J connectivity index is 2.34. The molecule has 1 aliphatic rings. The van der Waals surface area contributed by atoms with Gasteiger partial charge in [0.05, 0.1) is 0 Å². The minimum absolute atomic E-state index is 0.571. The minimum atomic E-state index is -0.571. The van der Waals surface area contributed by atoms with Gasteiger partial charge in [0.2, 0.25) is 0 Å². The van der Waals surface area contributed by atoms with Gasteiger partial charge in [-0.2, -0.15) is 5.10 Å². The summed E-state index contributed by atoms with van der Waals surface area (Å²) in [5, 5.41) is 4.03. The summed E-state index contributed by atoms with van der Waals surface area (Å²) in [6, 6.07) is -0.571. The van der Waals surface area contributed by atoms with Gasteiger partial charge in [-0.1, -0.05) is 26.2 Å². The molecule has 1 rings (SSSR count). The van der Waals surface area contributed by atoms with E-state index in [4.69, 9.17) is 5.73 Å². The summed E-state index contributed by atoms with van der Waals surface area (Å²) >= 11 is 0. The third-order valence-electron chi connectivity index (χ3n) is 2.89. The molecule has 0 spiro atoms. The first kappa shape index (κ1) is 12.0. The van der Waals surface area contributed by atoms with Crippen molar-refractivity contribution in [2.24, 2.45) is 16.8 Å². The molecule has 1 atom stereocenters. The summed E-state index contributed by atoms with van der Waals surface area (Å²) in [6.07, 6.45) is 8.35. The molecule has 86 valence electrons. The molecule has 0 saturated heterocycles. The number of primary amides is 1. The zero-order chi connectivity index (χ0) is 11.1. The van der Waals surface area contributed by atoms with Gasteiger partial charge in [-0.15, -0.1) is 0 Å². The van der Waals surface area contributed by atoms with Crippen LogP contribution in [0.15, 0.2) is 5.10 Å². The van der Waals surface area contributed by atoms with E-state index in [0.717, 1.165) is 24.5 Å². The predicted octanol–water partition coefficient (Wildman–Crippen LogP) is 2.39. The number of carbonyl (C=O) groups is 1. The fourth-order valence-corrected chi connectivity index (χ4v) is 2.11. The second-order valence-electron chi connectivity index (χ2n) is 4.26. The third kappa shape index (κ3) is 4.81. The predicted molar refractivity (Wildman–Crippen MR) is 61.6 cm³/mol. The fourth-order valence-electron chi connectivity index (χ4n) is 2.11. The normalized spacial score (nSPS) is 24.1. The third-order valence-corrected chi connectivity index (χ3v) is 2.89. The summed E-state index contributed by atoms with van der Waals surface area (Å²) in [7, 11) is 0. The zero-order valence-corrected chi connectivity index (χ0v) is 9.46. The molecule has 1 aliphatic carbocycles. The second-order valence-corrected chi connectivity index (χ2v) is 4.26. The van der Waals surface area contributed by atoms with Crippen molar-refractivity contribution in [2.75, 3.05) is 0 Å². The van der Waals surface area contributed by atoms with Crippen LogP contribution in [0.25, 0.3) is 0 Å². The van der Waals surface area contributed by atoms with Gasteiger partial charge in [0, 0.05) is 5.71 Å². The van der Waals surface area contributed by atoms with Crippen LogP contribution >= 0.6 is 0 Å². The Morgan fingerprint density at radius 2 is 2.47 bits per heavy atom. The SMILES string of the molecule is CCCC[C@H]1CCC/C(=N/NC(N)=O)C1. The Bertz CT molecular complexity index is 238. The van der Waals surface area contributed by atoms with Crippen LogP contribution in [0.2, 0.25) is 0 Å². The van der Waals surface area contributed by atoms with Gasteiger partial charge in [-0.05, 0) is 31.6 Å². The first-order valence-electron chi connectivity index (χ1n) is 5.83. The lowest BCUT2D eigenvalue weighted by molar-refractivity contribution is 0.249. The quantitative estimate of drug-likeness (QED) is 0.689. The number of carbonyl (C=O) groups excluding carboxylic acids is 1. The van der Waals surface area contributed by atoms with E-state index in [0.29, 0.717) is 0 Å². The van der Waals surface area contributed by atoms with E-state index < -0.39 is 6.03 Å². The Morgan fingerprint density at radius 3 is 3.13 bits per heavy atom. The summed E-state index contributed by atoms with van der Waals surface area (Å²) in [4.78, 5) is 10.5. The van der Waals surface area contributed by atoms with E-state index in [1.165, 1.54) is 32.1 Å². The first-order chi connectivity index (χ1) is 7.22. The van der Waals surface area contributed by atoms with Crippen molar-refractivity contribution in [3.8, 4) is 0 Å². The molecule has 0 unspecified atom stereocenters. The lowest BCUT2D eigenvalue weighted by Gasteiger charge is -2.22. The molecule has 1 fully saturated rings. The van der Waals surface area contributed by atoms with Gasteiger partial charge in [0.1, 0.15) is 0 Å². The summed E-state index contributed by atoms with van der Waals surface area (Å²) in [5.41, 5.74) is 8.38. The van der Waals surface area contributed by atoms with Gasteiger partial charge >= 0.3 is 6.03 Å². The number of nitrogens with one attached hydrogen (secondary N) is 1. The monoisotopic (exact) mass is 211 g/mol. The van der Waals surface area contributed by atoms with Gasteiger partial charge in [0.15, 0.2) is 0 Å². The van der Waals surface area contributed by atoms with Crippen LogP contribution in [0.4, 0.5) is 4.79 Å². The van der Waals surface area contributed by atoms with Crippen molar-refractivity contribution in [2.45, 2.75) is 51.9 Å². The van der Waals surface area contributed by atoms with Gasteiger partial charge in [-0.3, -0.25) is 0 Å². The molecular weight excluding hydrogens is 190 g/mol. The Labute approximate surface area is 91.3 Å². The number of nitrogens with two attached hydrogens (primary N) is 1. The molecule has 3 N–H and O–H groups in total. The molecule has 4 nitrogen and oxygen atoms in total. The van der Waals surface area contributed by atoms with Crippen LogP contribution in [0.1, 0.15) is 51.9 Å². The number of unbranched alkanes of at least 4 members (excludes halogenated alkanes) is 1. The average Bonchev–Trinajstić information content (AvgIpc) is 2.24. The Hall–Kier alpha value is -1.06. The number of hydrogen-bond acceptors (Lipinski definition) is 2. The van der Waals surface area contributed by atoms with Crippen molar-refractivity contribution in [3.63, 3.8) is 0 Å². The number of rotatable bonds is 4. The van der Waals surface area contributed by atoms with Crippen molar-refractivity contribution < 1.29 is 4.79 Å². The van der Waals surface area contributed by atoms with Crippen LogP contribution in [0.5, 0.6) is 0 Å². The molecule has 0 aromatic heterocycles. The Morgan fingerprint density at radius 1 is 1.67 bits per heavy atom. The lowest BCUT2D eigenvalue weighted by atomic mass is 9.84. The maximum Gasteiger partial charge on any atom is 0.332 e. The van der Waals surface area contributed by atoms with E-state index >= 15 is 0 Å². The van der Waals surface area contributed by atoms with Crippen molar-refractivity contribution in [1.29, 1.82) is 0 Å². The van der Waals surface area contributed by atoms with Gasteiger partial charge in [-0.25, -0.2) is 10.2 Å². The summed E-state index contributed by atoms with van der Waals surface area (Å²) < 4.78 is 0. The van der Waals surface area contributed by atoms with Crippen LogP contribution in [-0.2, 0) is 0 Å². The molecule has 1 saturated carbocycles. The standard InChI is InChI=1S/C11H21N3O/c1-2-3-5-9-6-4-7-10(8-9)13-14-11(12)15/h9H,2-8H2,1H3,(H3,12,14,15)/b13-10-/t9-/m0/s1. The minimum Gasteiger partial charge on any atom is -0.350 e. The van der Waals surface area contributed by atoms with Crippen molar-refractivity contribution in [1.82, 2.24) is 5.43 Å². The van der Waals surface area contributed by atoms with Crippen LogP contribution in [0.3, 0.4) is 0 Å². The van der Waals surface area contributed by atoms with E-state index in [1.807, 2.05) is 0 Å². The highest BCUT2D eigenvalue weighted by Gasteiger charge is 2.17. The highest BCUT2D eigenvalue weighted by Crippen LogP contribution is 2.26. The molecular formula is C11H21N3O. The molecule has 4 heteroatoms. The lowest BCUT2D eigenvalue weighted by Crippen LogP contribution is -2.27. The molecule has 0 aromatic carbocycles. The number of hydrogen-bond donors (Lipinski definition) is 2. The fraction of sp³-hybridized carbons (Fsp3) is 0.818. The molecule has 0 aliphatic heterocycles. The van der Waals surface area contributed by atoms with Crippen molar-refractivity contribution in [3.05, 3.63) is 0 Å². The number of urea groups is 1. The average molecular weight is 211 g/mol. The Kier molecular flexibility index (Phi) is 5.15. The molecule has 15 heavy (non-hydrogen) atoms. The maximum absolute atomic E-state index is 10.5. The van der Waals surface area contributed by atoms with Gasteiger partial charge in [0.25, 0.3) is 0 Å². The molecule has 0 bridgehead atoms. The number of nitrogens with zero attached hydrogens (tertiary/aromatic N) is 1. The molecule has 0 radical (unpaired) electrons. The largest absolute Gasteiger partial charge is 0.350 e. The highest BCUT2D eigenvalue weighted by atomic mass is 16.2. The summed E-state index contributed by atoms with van der Waals surface area (Å²) in [5.74, 6) is 0.757. The van der Waals surface area contributed by atoms with E-state index in [9.17, 15) is 4.79 Å². The first-order valence-corrected chi connectivity index (χ1v) is 5.83. The topological polar surface area (TPSA) is 67.5 Å². The van der Waals surface area contributed by atoms with E-state index in [2.05, 4.69) is 17.5 Å². The number of amides is 2. The molecule has 0 aromatic rings. The van der Waals surface area contributed by atoms with E-state index in [-0.39, 0.29) is 0 Å². The number of hydrazone groups is 1. The van der Waals surface area contributed by atoms with Crippen molar-refractivity contribution >= 4 is 11.7 Å². The molecule has 2 amide bonds. The summed E-state index contributed by atoms with van der Waals surface area (Å²) in [6.45, 7) is 2.21.